The number of carbonyl (C=O) groups is 2. The molecule has 12 nitrogen and oxygen atoms in total. The first-order chi connectivity index (χ1) is 17.5. The van der Waals surface area contributed by atoms with Crippen molar-refractivity contribution in [3.05, 3.63) is 51.0 Å². The molecule has 4 aromatic heterocycles. The van der Waals surface area contributed by atoms with Crippen LogP contribution in [0.2, 0.25) is 0 Å². The number of rotatable bonds is 8. The zero-order valence-electron chi connectivity index (χ0n) is 19.4. The second-order valence-electron chi connectivity index (χ2n) is 7.69. The van der Waals surface area contributed by atoms with Gasteiger partial charge < -0.3 is 15.4 Å². The number of alkyl halides is 3. The van der Waals surface area contributed by atoms with Crippen molar-refractivity contribution in [3.63, 3.8) is 0 Å². The molecule has 4 heterocycles. The number of carboxylic acids is 1. The first-order valence-electron chi connectivity index (χ1n) is 11.0. The molecule has 0 saturated heterocycles. The summed E-state index contributed by atoms with van der Waals surface area (Å²) in [5.41, 5.74) is 1.22. The first kappa shape index (κ1) is 27.8. The molecule has 0 spiro atoms. The Labute approximate surface area is 215 Å². The summed E-state index contributed by atoms with van der Waals surface area (Å²) in [7, 11) is 0. The Morgan fingerprint density at radius 2 is 1.86 bits per heavy atom. The van der Waals surface area contributed by atoms with E-state index < -0.39 is 12.1 Å². The maximum Gasteiger partial charge on any atom is 0.490 e. The zero-order valence-corrected chi connectivity index (χ0v) is 21.0. The van der Waals surface area contributed by atoms with Crippen molar-refractivity contribution in [2.75, 3.05) is 6.54 Å². The number of fused-ring (bicyclic) bond motifs is 2. The number of hydrogen-bond acceptors (Lipinski definition) is 7. The fourth-order valence-electron chi connectivity index (χ4n) is 3.36. The van der Waals surface area contributed by atoms with E-state index >= 15 is 0 Å². The van der Waals surface area contributed by atoms with Gasteiger partial charge in [-0.2, -0.15) is 13.2 Å². The molecule has 0 bridgehead atoms. The van der Waals surface area contributed by atoms with Crippen molar-refractivity contribution in [1.82, 2.24) is 39.4 Å². The number of amides is 1. The number of nitrogens with one attached hydrogen (secondary N) is 2. The average Bonchev–Trinajstić information content (AvgIpc) is 3.45. The smallest absolute Gasteiger partial charge is 0.475 e. The number of pyridine rings is 1. The number of aromatic amines is 1. The van der Waals surface area contributed by atoms with Crippen molar-refractivity contribution >= 4 is 44.7 Å². The van der Waals surface area contributed by atoms with Gasteiger partial charge in [0, 0.05) is 37.5 Å². The summed E-state index contributed by atoms with van der Waals surface area (Å²) in [6.45, 7) is 3.14. The number of H-pyrrole nitrogens is 1. The molecule has 3 N–H and O–H groups in total. The molecule has 0 radical (unpaired) electrons. The summed E-state index contributed by atoms with van der Waals surface area (Å²) in [6.07, 6.45) is 1.50. The van der Waals surface area contributed by atoms with Crippen LogP contribution < -0.4 is 10.9 Å². The Balaban J connectivity index is 0.000000479. The van der Waals surface area contributed by atoms with Crippen LogP contribution in [0.25, 0.3) is 16.9 Å². The summed E-state index contributed by atoms with van der Waals surface area (Å²) in [5, 5.41) is 18.4. The van der Waals surface area contributed by atoms with Crippen LogP contribution in [-0.4, -0.2) is 63.8 Å². The van der Waals surface area contributed by atoms with Gasteiger partial charge in [-0.05, 0) is 34.5 Å². The summed E-state index contributed by atoms with van der Waals surface area (Å²) in [4.78, 5) is 45.5. The van der Waals surface area contributed by atoms with Crippen LogP contribution >= 0.6 is 15.9 Å². The van der Waals surface area contributed by atoms with Gasteiger partial charge in [-0.1, -0.05) is 19.8 Å². The number of unbranched alkanes of at least 4 members (excludes halogenated alkanes) is 2. The molecule has 0 aromatic carbocycles. The number of aromatic nitrogens is 7. The minimum Gasteiger partial charge on any atom is -0.475 e. The maximum absolute atomic E-state index is 13.1. The Hall–Kier alpha value is -3.82. The molecular weight excluding hydrogens is 565 g/mol. The lowest BCUT2D eigenvalue weighted by Crippen LogP contribution is -2.27. The van der Waals surface area contributed by atoms with Gasteiger partial charge in [0.1, 0.15) is 5.82 Å². The Morgan fingerprint density at radius 3 is 2.49 bits per heavy atom. The normalized spacial score (nSPS) is 11.4. The fourth-order valence-corrected chi connectivity index (χ4v) is 3.72. The van der Waals surface area contributed by atoms with Crippen LogP contribution in [-0.2, 0) is 17.8 Å². The second kappa shape index (κ2) is 11.9. The summed E-state index contributed by atoms with van der Waals surface area (Å²) in [5.74, 6) is -2.02. The zero-order chi connectivity index (χ0) is 27.2. The van der Waals surface area contributed by atoms with Crippen LogP contribution in [0, 0.1) is 0 Å². The maximum atomic E-state index is 13.1. The van der Waals surface area contributed by atoms with Gasteiger partial charge in [-0.25, -0.2) is 14.2 Å². The third-order valence-corrected chi connectivity index (χ3v) is 5.46. The van der Waals surface area contributed by atoms with Crippen LogP contribution in [0.5, 0.6) is 0 Å². The van der Waals surface area contributed by atoms with E-state index in [1.54, 1.807) is 24.5 Å². The number of aryl methyl sites for hydroxylation is 1. The van der Waals surface area contributed by atoms with Gasteiger partial charge in [0.05, 0.1) is 0 Å². The Morgan fingerprint density at radius 1 is 1.19 bits per heavy atom. The predicted octanol–water partition coefficient (Wildman–Crippen LogP) is 2.72. The molecule has 0 aliphatic carbocycles. The van der Waals surface area contributed by atoms with Crippen molar-refractivity contribution < 1.29 is 27.9 Å². The first-order valence-corrected chi connectivity index (χ1v) is 11.8. The van der Waals surface area contributed by atoms with E-state index in [4.69, 9.17) is 9.90 Å². The molecule has 198 valence electrons. The molecule has 0 saturated carbocycles. The van der Waals surface area contributed by atoms with E-state index in [1.165, 1.54) is 4.40 Å². The van der Waals surface area contributed by atoms with Gasteiger partial charge in [-0.3, -0.25) is 19.1 Å². The van der Waals surface area contributed by atoms with Gasteiger partial charge >= 0.3 is 12.1 Å². The molecule has 0 aliphatic heterocycles. The van der Waals surface area contributed by atoms with Crippen LogP contribution in [0.15, 0.2) is 34.1 Å². The average molecular weight is 587 g/mol. The number of carboxylic acid groups (broad SMARTS) is 1. The highest BCUT2D eigenvalue weighted by molar-refractivity contribution is 9.10. The van der Waals surface area contributed by atoms with E-state index in [1.807, 2.05) is 4.57 Å². The summed E-state index contributed by atoms with van der Waals surface area (Å²) >= 11 is 3.32. The van der Waals surface area contributed by atoms with Gasteiger partial charge in [0.15, 0.2) is 15.9 Å². The Kier molecular flexibility index (Phi) is 8.96. The van der Waals surface area contributed by atoms with Crippen molar-refractivity contribution in [2.45, 2.75) is 45.3 Å². The van der Waals surface area contributed by atoms with E-state index in [9.17, 15) is 22.8 Å². The molecule has 4 aromatic rings. The van der Waals surface area contributed by atoms with E-state index in [0.29, 0.717) is 52.6 Å². The second-order valence-corrected chi connectivity index (χ2v) is 8.44. The van der Waals surface area contributed by atoms with Crippen LogP contribution in [0.1, 0.15) is 42.4 Å². The molecule has 1 amide bonds. The summed E-state index contributed by atoms with van der Waals surface area (Å²) < 4.78 is 35.6. The van der Waals surface area contributed by atoms with E-state index in [2.05, 4.69) is 53.3 Å². The highest BCUT2D eigenvalue weighted by Gasteiger charge is 2.38. The summed E-state index contributed by atoms with van der Waals surface area (Å²) in [6, 6.07) is 3.28. The SMILES string of the molecule is CCCCCn1c2nc(Br)[nH]c2c(=O)n2c(CCNC(=O)c3ccncc3)nnc12.O=C(O)C(F)(F)F. The number of imidazole rings is 1. The van der Waals surface area contributed by atoms with Crippen LogP contribution in [0.4, 0.5) is 13.2 Å². The minimum absolute atomic E-state index is 0.205. The van der Waals surface area contributed by atoms with E-state index in [0.717, 1.165) is 19.3 Å². The molecule has 0 aliphatic rings. The quantitative estimate of drug-likeness (QED) is 0.210. The van der Waals surface area contributed by atoms with Gasteiger partial charge in [-0.15, -0.1) is 10.2 Å². The van der Waals surface area contributed by atoms with Crippen molar-refractivity contribution in [1.29, 1.82) is 0 Å². The molecule has 37 heavy (non-hydrogen) atoms. The van der Waals surface area contributed by atoms with Crippen LogP contribution in [0.3, 0.4) is 0 Å². The predicted molar refractivity (Wildman–Crippen MR) is 128 cm³/mol. The molecule has 0 fully saturated rings. The number of carbonyl (C=O) groups excluding carboxylic acids is 1. The van der Waals surface area contributed by atoms with Gasteiger partial charge in [0.2, 0.25) is 5.78 Å². The molecular formula is C21H22BrF3N8O4. The standard InChI is InChI=1S/C19H21BrN8O2.C2HF3O2/c1-2-3-4-11-27-15-14(23-18(20)24-15)17(30)28-13(25-26-19(27)28)7-10-22-16(29)12-5-8-21-9-6-12;3-2(4,5)1(6)7/h5-6,8-9H,2-4,7,10-11H2,1H3,(H,22,29)(H,23,24);(H,6,7). The lowest BCUT2D eigenvalue weighted by Gasteiger charge is -2.09. The molecule has 0 atom stereocenters. The monoisotopic (exact) mass is 586 g/mol. The third-order valence-electron chi connectivity index (χ3n) is 5.09. The topological polar surface area (TPSA) is 160 Å². The highest BCUT2D eigenvalue weighted by Crippen LogP contribution is 2.16. The van der Waals surface area contributed by atoms with Gasteiger partial charge in [0.25, 0.3) is 11.5 Å². The third kappa shape index (κ3) is 6.69. The molecule has 16 heteroatoms. The Bertz CT molecular complexity index is 1450. The lowest BCUT2D eigenvalue weighted by atomic mass is 10.2. The van der Waals surface area contributed by atoms with Crippen molar-refractivity contribution in [2.24, 2.45) is 0 Å². The molecule has 4 rings (SSSR count). The van der Waals surface area contributed by atoms with E-state index in [-0.39, 0.29) is 11.5 Å². The molecule has 0 unspecified atom stereocenters. The highest BCUT2D eigenvalue weighted by atomic mass is 79.9. The van der Waals surface area contributed by atoms with Crippen molar-refractivity contribution in [3.8, 4) is 0 Å². The number of nitrogens with zero attached hydrogens (tertiary/aromatic N) is 6. The number of aliphatic carboxylic acids is 1. The minimum atomic E-state index is -5.08. The number of halogens is 4. The number of hydrogen-bond donors (Lipinski definition) is 3. The lowest BCUT2D eigenvalue weighted by molar-refractivity contribution is -0.192. The largest absolute Gasteiger partial charge is 0.490 e. The fraction of sp³-hybridized carbons (Fsp3) is 0.381.